The van der Waals surface area contributed by atoms with Crippen LogP contribution in [0.5, 0.6) is 0 Å². The van der Waals surface area contributed by atoms with Crippen molar-refractivity contribution in [2.75, 3.05) is 17.3 Å². The molecule has 2 rings (SSSR count). The lowest BCUT2D eigenvalue weighted by molar-refractivity contribution is 0.349. The molecule has 1 fully saturated rings. The molecule has 0 amide bonds. The number of hydrogen-bond donors (Lipinski definition) is 1. The molecule has 1 aromatic heterocycles. The van der Waals surface area contributed by atoms with Gasteiger partial charge in [0.2, 0.25) is 5.89 Å². The zero-order chi connectivity index (χ0) is 12.3. The summed E-state index contributed by atoms with van der Waals surface area (Å²) < 4.78 is 5.31. The van der Waals surface area contributed by atoms with E-state index in [2.05, 4.69) is 24.0 Å². The molecule has 0 saturated carbocycles. The molecular formula is C11H19N3OS2. The fourth-order valence-electron chi connectivity index (χ4n) is 1.69. The van der Waals surface area contributed by atoms with Crippen LogP contribution in [0.1, 0.15) is 31.5 Å². The Balaban J connectivity index is 1.87. The number of nitrogens with zero attached hydrogens (tertiary/aromatic N) is 2. The first-order valence-electron chi connectivity index (χ1n) is 5.90. The van der Waals surface area contributed by atoms with Crippen molar-refractivity contribution >= 4 is 23.5 Å². The van der Waals surface area contributed by atoms with Gasteiger partial charge in [0.15, 0.2) is 5.82 Å². The van der Waals surface area contributed by atoms with Gasteiger partial charge in [0, 0.05) is 17.5 Å². The minimum Gasteiger partial charge on any atom is -0.339 e. The van der Waals surface area contributed by atoms with Crippen molar-refractivity contribution in [3.05, 3.63) is 11.7 Å². The van der Waals surface area contributed by atoms with E-state index in [9.17, 15) is 0 Å². The zero-order valence-electron chi connectivity index (χ0n) is 10.3. The zero-order valence-corrected chi connectivity index (χ0v) is 11.9. The van der Waals surface area contributed by atoms with Crippen LogP contribution < -0.4 is 5.73 Å². The molecule has 2 unspecified atom stereocenters. The Morgan fingerprint density at radius 2 is 2.35 bits per heavy atom. The van der Waals surface area contributed by atoms with E-state index in [4.69, 9.17) is 10.3 Å². The fourth-order valence-corrected chi connectivity index (χ4v) is 3.86. The number of hydrogen-bond acceptors (Lipinski definition) is 6. The van der Waals surface area contributed by atoms with Gasteiger partial charge in [0.1, 0.15) is 0 Å². The lowest BCUT2D eigenvalue weighted by atomic mass is 10.1. The van der Waals surface area contributed by atoms with Gasteiger partial charge in [-0.25, -0.2) is 0 Å². The van der Waals surface area contributed by atoms with E-state index in [1.807, 2.05) is 23.5 Å². The van der Waals surface area contributed by atoms with Gasteiger partial charge in [-0.15, -0.1) is 0 Å². The van der Waals surface area contributed by atoms with Crippen molar-refractivity contribution in [1.82, 2.24) is 10.1 Å². The van der Waals surface area contributed by atoms with Crippen LogP contribution in [0.25, 0.3) is 0 Å². The van der Waals surface area contributed by atoms with Gasteiger partial charge in [0.05, 0.1) is 11.7 Å². The highest BCUT2D eigenvalue weighted by atomic mass is 32.2. The number of thioether (sulfide) groups is 2. The largest absolute Gasteiger partial charge is 0.339 e. The van der Waals surface area contributed by atoms with E-state index in [1.165, 1.54) is 0 Å². The number of aromatic nitrogens is 2. The number of rotatable bonds is 5. The molecule has 0 bridgehead atoms. The lowest BCUT2D eigenvalue weighted by Crippen LogP contribution is -2.26. The summed E-state index contributed by atoms with van der Waals surface area (Å²) in [6.45, 7) is 4.42. The smallest absolute Gasteiger partial charge is 0.232 e. The highest BCUT2D eigenvalue weighted by molar-refractivity contribution is 7.99. The molecule has 1 aromatic rings. The summed E-state index contributed by atoms with van der Waals surface area (Å²) in [7, 11) is 0. The summed E-state index contributed by atoms with van der Waals surface area (Å²) >= 11 is 3.71. The second-order valence-corrected chi connectivity index (χ2v) is 6.87. The van der Waals surface area contributed by atoms with Crippen LogP contribution in [0, 0.1) is 5.92 Å². The normalized spacial score (nSPS) is 24.7. The molecule has 2 heterocycles. The standard InChI is InChI=1S/C11H19N3OS2/c1-7(2)3-16-6-10-13-11(15-14-10)8-4-17-5-9(8)12/h7-9H,3-6,12H2,1-2H3. The van der Waals surface area contributed by atoms with E-state index in [0.29, 0.717) is 5.92 Å². The SMILES string of the molecule is CC(C)CSCc1noc(C2CSCC2N)n1. The summed E-state index contributed by atoms with van der Waals surface area (Å²) in [5, 5.41) is 4.02. The predicted molar refractivity (Wildman–Crippen MR) is 73.3 cm³/mol. The van der Waals surface area contributed by atoms with Crippen LogP contribution in [-0.2, 0) is 5.75 Å². The molecule has 6 heteroatoms. The highest BCUT2D eigenvalue weighted by Crippen LogP contribution is 2.30. The second kappa shape index (κ2) is 6.11. The molecule has 0 aliphatic carbocycles. The molecule has 1 saturated heterocycles. The van der Waals surface area contributed by atoms with Crippen molar-refractivity contribution in [2.45, 2.75) is 31.6 Å². The third-order valence-corrected chi connectivity index (χ3v) is 5.19. The third-order valence-electron chi connectivity index (χ3n) is 2.61. The van der Waals surface area contributed by atoms with Crippen molar-refractivity contribution in [3.63, 3.8) is 0 Å². The van der Waals surface area contributed by atoms with Crippen molar-refractivity contribution < 1.29 is 4.52 Å². The second-order valence-electron chi connectivity index (χ2n) is 4.77. The Hall–Kier alpha value is -0.200. The van der Waals surface area contributed by atoms with Crippen LogP contribution in [-0.4, -0.2) is 33.4 Å². The Morgan fingerprint density at radius 3 is 3.00 bits per heavy atom. The third kappa shape index (κ3) is 3.63. The quantitative estimate of drug-likeness (QED) is 0.886. The van der Waals surface area contributed by atoms with Gasteiger partial charge in [-0.3, -0.25) is 0 Å². The van der Waals surface area contributed by atoms with Crippen LogP contribution in [0.4, 0.5) is 0 Å². The Bertz CT molecular complexity index is 356. The van der Waals surface area contributed by atoms with Crippen molar-refractivity contribution in [3.8, 4) is 0 Å². The van der Waals surface area contributed by atoms with Crippen LogP contribution in [0.3, 0.4) is 0 Å². The van der Waals surface area contributed by atoms with Crippen LogP contribution in [0.15, 0.2) is 4.52 Å². The summed E-state index contributed by atoms with van der Waals surface area (Å²) in [5.74, 6) is 6.42. The van der Waals surface area contributed by atoms with Gasteiger partial charge in [-0.1, -0.05) is 19.0 Å². The highest BCUT2D eigenvalue weighted by Gasteiger charge is 2.30. The van der Waals surface area contributed by atoms with Gasteiger partial charge >= 0.3 is 0 Å². The molecule has 0 aromatic carbocycles. The van der Waals surface area contributed by atoms with Gasteiger partial charge in [-0.2, -0.15) is 28.5 Å². The van der Waals surface area contributed by atoms with E-state index in [1.54, 1.807) is 0 Å². The average Bonchev–Trinajstić information content (AvgIpc) is 2.86. The minimum atomic E-state index is 0.164. The van der Waals surface area contributed by atoms with Crippen molar-refractivity contribution in [1.29, 1.82) is 0 Å². The summed E-state index contributed by atoms with van der Waals surface area (Å²) in [4.78, 5) is 4.45. The van der Waals surface area contributed by atoms with E-state index < -0.39 is 0 Å². The van der Waals surface area contributed by atoms with Gasteiger partial charge in [0.25, 0.3) is 0 Å². The fraction of sp³-hybridized carbons (Fsp3) is 0.818. The summed E-state index contributed by atoms with van der Waals surface area (Å²) in [6, 6.07) is 0.164. The monoisotopic (exact) mass is 273 g/mol. The van der Waals surface area contributed by atoms with Crippen LogP contribution in [0.2, 0.25) is 0 Å². The molecule has 17 heavy (non-hydrogen) atoms. The van der Waals surface area contributed by atoms with E-state index in [-0.39, 0.29) is 12.0 Å². The van der Waals surface area contributed by atoms with E-state index >= 15 is 0 Å². The van der Waals surface area contributed by atoms with Crippen LogP contribution >= 0.6 is 23.5 Å². The first-order valence-corrected chi connectivity index (χ1v) is 8.21. The average molecular weight is 273 g/mol. The minimum absolute atomic E-state index is 0.164. The molecule has 0 spiro atoms. The predicted octanol–water partition coefficient (Wildman–Crippen LogP) is 2.12. The maximum Gasteiger partial charge on any atom is 0.232 e. The molecule has 1 aliphatic heterocycles. The molecule has 4 nitrogen and oxygen atoms in total. The maximum atomic E-state index is 6.01. The molecule has 96 valence electrons. The molecule has 2 N–H and O–H groups in total. The van der Waals surface area contributed by atoms with E-state index in [0.717, 1.165) is 34.7 Å². The molecule has 0 radical (unpaired) electrons. The first kappa shape index (κ1) is 13.2. The van der Waals surface area contributed by atoms with Gasteiger partial charge in [-0.05, 0) is 11.7 Å². The van der Waals surface area contributed by atoms with Crippen molar-refractivity contribution in [2.24, 2.45) is 11.7 Å². The summed E-state index contributed by atoms with van der Waals surface area (Å²) in [6.07, 6.45) is 0. The first-order chi connectivity index (χ1) is 8.16. The molecular weight excluding hydrogens is 254 g/mol. The Morgan fingerprint density at radius 1 is 1.53 bits per heavy atom. The lowest BCUT2D eigenvalue weighted by Gasteiger charge is -2.07. The Kier molecular flexibility index (Phi) is 4.76. The molecule has 1 aliphatic rings. The topological polar surface area (TPSA) is 64.9 Å². The Labute approximate surface area is 110 Å². The summed E-state index contributed by atoms with van der Waals surface area (Å²) in [5.41, 5.74) is 6.01. The number of nitrogens with two attached hydrogens (primary N) is 1. The van der Waals surface area contributed by atoms with Gasteiger partial charge < -0.3 is 10.3 Å². The molecule has 2 atom stereocenters. The maximum absolute atomic E-state index is 6.01.